The fourth-order valence-corrected chi connectivity index (χ4v) is 4.69. The second-order valence-electron chi connectivity index (χ2n) is 7.53. The van der Waals surface area contributed by atoms with Crippen LogP contribution < -0.4 is 9.64 Å². The summed E-state index contributed by atoms with van der Waals surface area (Å²) < 4.78 is 10.2. The van der Waals surface area contributed by atoms with Crippen molar-refractivity contribution in [2.24, 2.45) is 0 Å². The summed E-state index contributed by atoms with van der Waals surface area (Å²) in [5, 5.41) is 9.22. The first-order chi connectivity index (χ1) is 16.9. The zero-order chi connectivity index (χ0) is 24.9. The Hall–Kier alpha value is -4.16. The number of hydrogen-bond donors (Lipinski definition) is 0. The van der Waals surface area contributed by atoms with Gasteiger partial charge >= 0.3 is 5.97 Å². The number of methoxy groups -OCH3 is 1. The fraction of sp³-hybridized carbons (Fsp3) is 0.192. The average Bonchev–Trinajstić information content (AvgIpc) is 3.16. The van der Waals surface area contributed by atoms with Gasteiger partial charge in [0.05, 0.1) is 41.5 Å². The molecule has 4 rings (SSSR count). The minimum Gasteiger partial charge on any atom is -0.497 e. The molecule has 1 saturated heterocycles. The van der Waals surface area contributed by atoms with E-state index in [9.17, 15) is 19.6 Å². The van der Waals surface area contributed by atoms with Gasteiger partial charge in [-0.2, -0.15) is 5.26 Å². The number of anilines is 1. The monoisotopic (exact) mass is 487 g/mol. The number of esters is 1. The number of hydrogen-bond acceptors (Lipinski definition) is 8. The molecule has 0 spiro atoms. The average molecular weight is 488 g/mol. The summed E-state index contributed by atoms with van der Waals surface area (Å²) in [6.45, 7) is 1.96. The molecule has 9 heteroatoms. The fourth-order valence-electron chi connectivity index (χ4n) is 3.60. The molecule has 1 atom stereocenters. The van der Waals surface area contributed by atoms with Crippen molar-refractivity contribution in [3.8, 4) is 23.1 Å². The summed E-state index contributed by atoms with van der Waals surface area (Å²) in [7, 11) is 1.58. The van der Waals surface area contributed by atoms with Crippen LogP contribution in [0.3, 0.4) is 0 Å². The Labute approximate surface area is 206 Å². The van der Waals surface area contributed by atoms with Crippen molar-refractivity contribution in [1.82, 2.24) is 4.98 Å². The largest absolute Gasteiger partial charge is 0.497 e. The Morgan fingerprint density at radius 2 is 1.83 bits per heavy atom. The number of carbonyl (C=O) groups is 3. The van der Waals surface area contributed by atoms with Crippen LogP contribution in [0.4, 0.5) is 5.69 Å². The molecule has 1 aliphatic rings. The number of imide groups is 1. The van der Waals surface area contributed by atoms with Crippen molar-refractivity contribution >= 4 is 35.2 Å². The van der Waals surface area contributed by atoms with E-state index in [0.29, 0.717) is 33.3 Å². The van der Waals surface area contributed by atoms with Crippen molar-refractivity contribution in [3.05, 3.63) is 71.8 Å². The molecule has 0 saturated carbocycles. The van der Waals surface area contributed by atoms with Gasteiger partial charge < -0.3 is 9.47 Å². The van der Waals surface area contributed by atoms with Gasteiger partial charge in [-0.15, -0.1) is 0 Å². The number of nitriles is 1. The molecular formula is C26H21N3O5S. The number of aromatic nitrogens is 1. The van der Waals surface area contributed by atoms with Crippen molar-refractivity contribution in [2.75, 3.05) is 18.6 Å². The lowest BCUT2D eigenvalue weighted by Gasteiger charge is -2.15. The summed E-state index contributed by atoms with van der Waals surface area (Å²) in [5.74, 6) is -0.522. The molecule has 0 bridgehead atoms. The first-order valence-corrected chi connectivity index (χ1v) is 11.7. The van der Waals surface area contributed by atoms with E-state index in [-0.39, 0.29) is 18.9 Å². The number of carbonyl (C=O) groups excluding carboxylic acids is 3. The predicted octanol–water partition coefficient (Wildman–Crippen LogP) is 4.23. The molecule has 1 fully saturated rings. The molecule has 1 unspecified atom stereocenters. The molecule has 35 heavy (non-hydrogen) atoms. The highest BCUT2D eigenvalue weighted by atomic mass is 32.2. The van der Waals surface area contributed by atoms with Crippen molar-refractivity contribution in [3.63, 3.8) is 0 Å². The van der Waals surface area contributed by atoms with E-state index in [0.717, 1.165) is 22.2 Å². The number of thioether (sulfide) groups is 1. The van der Waals surface area contributed by atoms with Gasteiger partial charge in [0.1, 0.15) is 16.8 Å². The van der Waals surface area contributed by atoms with E-state index in [1.807, 2.05) is 24.3 Å². The zero-order valence-electron chi connectivity index (χ0n) is 19.1. The van der Waals surface area contributed by atoms with Crippen LogP contribution in [-0.4, -0.2) is 41.7 Å². The Morgan fingerprint density at radius 1 is 1.11 bits per heavy atom. The topological polar surface area (TPSA) is 110 Å². The number of benzene rings is 2. The maximum atomic E-state index is 13.1. The highest BCUT2D eigenvalue weighted by Gasteiger charge is 2.40. The number of pyridine rings is 1. The second-order valence-corrected chi connectivity index (χ2v) is 8.73. The molecule has 1 aromatic heterocycles. The number of ether oxygens (including phenoxy) is 2. The molecule has 176 valence electrons. The van der Waals surface area contributed by atoms with Crippen LogP contribution in [0.15, 0.2) is 65.7 Å². The van der Waals surface area contributed by atoms with Crippen LogP contribution in [0.1, 0.15) is 29.3 Å². The highest BCUT2D eigenvalue weighted by molar-refractivity contribution is 8.00. The summed E-state index contributed by atoms with van der Waals surface area (Å²) in [6.07, 6.45) is -0.0254. The summed E-state index contributed by atoms with van der Waals surface area (Å²) in [4.78, 5) is 43.4. The molecule has 0 N–H and O–H groups in total. The van der Waals surface area contributed by atoms with Gasteiger partial charge in [-0.1, -0.05) is 11.8 Å². The van der Waals surface area contributed by atoms with E-state index in [2.05, 4.69) is 11.1 Å². The van der Waals surface area contributed by atoms with Gasteiger partial charge in [0.15, 0.2) is 0 Å². The van der Waals surface area contributed by atoms with Gasteiger partial charge in [0.25, 0.3) is 0 Å². The first-order valence-electron chi connectivity index (χ1n) is 10.8. The smallest absolute Gasteiger partial charge is 0.338 e. The van der Waals surface area contributed by atoms with E-state index < -0.39 is 17.1 Å². The Kier molecular flexibility index (Phi) is 7.13. The molecule has 2 aromatic carbocycles. The molecule has 3 aromatic rings. The molecule has 2 amide bonds. The molecule has 2 heterocycles. The zero-order valence-corrected chi connectivity index (χ0v) is 19.9. The van der Waals surface area contributed by atoms with E-state index >= 15 is 0 Å². The number of nitrogens with zero attached hydrogens (tertiary/aromatic N) is 3. The molecule has 0 aliphatic carbocycles. The van der Waals surface area contributed by atoms with Gasteiger partial charge in [0, 0.05) is 12.0 Å². The van der Waals surface area contributed by atoms with Gasteiger partial charge in [-0.3, -0.25) is 9.59 Å². The number of rotatable bonds is 7. The van der Waals surface area contributed by atoms with Gasteiger partial charge in [-0.25, -0.2) is 14.7 Å². The molecule has 0 radical (unpaired) electrons. The van der Waals surface area contributed by atoms with E-state index in [1.165, 1.54) is 12.1 Å². The summed E-state index contributed by atoms with van der Waals surface area (Å²) in [5.41, 5.74) is 2.49. The van der Waals surface area contributed by atoms with Crippen LogP contribution in [0.5, 0.6) is 5.75 Å². The minimum atomic E-state index is -0.724. The maximum Gasteiger partial charge on any atom is 0.338 e. The summed E-state index contributed by atoms with van der Waals surface area (Å²) >= 11 is 1.10. The SMILES string of the molecule is CCOC(=O)c1ccc(N2C(=O)CC(Sc3nc(-c4ccc(OC)cc4)ccc3C#N)C2=O)cc1. The van der Waals surface area contributed by atoms with Gasteiger partial charge in [-0.05, 0) is 67.6 Å². The maximum absolute atomic E-state index is 13.1. The lowest BCUT2D eigenvalue weighted by Crippen LogP contribution is -2.31. The van der Waals surface area contributed by atoms with Crippen LogP contribution >= 0.6 is 11.8 Å². The quantitative estimate of drug-likeness (QED) is 0.360. The van der Waals surface area contributed by atoms with Crippen molar-refractivity contribution < 1.29 is 23.9 Å². The standard InChI is InChI=1S/C26H21N3O5S/c1-3-34-26(32)17-4-9-19(10-5-17)29-23(30)14-22(25(29)31)35-24-18(15-27)8-13-21(28-24)16-6-11-20(33-2)12-7-16/h4-13,22H,3,14H2,1-2H3. The first kappa shape index (κ1) is 24.0. The Bertz CT molecular complexity index is 1320. The lowest BCUT2D eigenvalue weighted by atomic mass is 10.1. The van der Waals surface area contributed by atoms with Crippen LogP contribution in [0, 0.1) is 11.3 Å². The van der Waals surface area contributed by atoms with Crippen LogP contribution in [0.2, 0.25) is 0 Å². The highest BCUT2D eigenvalue weighted by Crippen LogP contribution is 2.36. The molecular weight excluding hydrogens is 466 g/mol. The lowest BCUT2D eigenvalue weighted by molar-refractivity contribution is -0.121. The third-order valence-corrected chi connectivity index (χ3v) is 6.55. The van der Waals surface area contributed by atoms with Crippen LogP contribution in [-0.2, 0) is 14.3 Å². The summed E-state index contributed by atoms with van der Waals surface area (Å²) in [6, 6.07) is 18.9. The normalized spacial score (nSPS) is 15.1. The van der Waals surface area contributed by atoms with E-state index in [1.54, 1.807) is 38.3 Å². The van der Waals surface area contributed by atoms with Gasteiger partial charge in [0.2, 0.25) is 11.8 Å². The minimum absolute atomic E-state index is 0.0254. The van der Waals surface area contributed by atoms with Crippen molar-refractivity contribution in [1.29, 1.82) is 5.26 Å². The third kappa shape index (κ3) is 5.03. The second kappa shape index (κ2) is 10.4. The predicted molar refractivity (Wildman–Crippen MR) is 130 cm³/mol. The number of amides is 2. The molecule has 8 nitrogen and oxygen atoms in total. The Morgan fingerprint density at radius 3 is 2.46 bits per heavy atom. The van der Waals surface area contributed by atoms with E-state index in [4.69, 9.17) is 9.47 Å². The Balaban J connectivity index is 1.55. The van der Waals surface area contributed by atoms with Crippen LogP contribution in [0.25, 0.3) is 11.3 Å². The molecule has 1 aliphatic heterocycles. The van der Waals surface area contributed by atoms with Crippen molar-refractivity contribution in [2.45, 2.75) is 23.6 Å². The third-order valence-electron chi connectivity index (χ3n) is 5.36.